The number of amides is 1. The highest BCUT2D eigenvalue weighted by Crippen LogP contribution is 2.28. The second kappa shape index (κ2) is 8.16. The van der Waals surface area contributed by atoms with Gasteiger partial charge in [-0.2, -0.15) is 0 Å². The van der Waals surface area contributed by atoms with Crippen molar-refractivity contribution in [1.29, 1.82) is 0 Å². The molecule has 1 atom stereocenters. The van der Waals surface area contributed by atoms with Crippen LogP contribution >= 0.6 is 0 Å². The first-order chi connectivity index (χ1) is 12.6. The average molecular weight is 355 g/mol. The number of nitrogens with zero attached hydrogens (tertiary/aromatic N) is 1. The Morgan fingerprint density at radius 2 is 2.23 bits per heavy atom. The fourth-order valence-corrected chi connectivity index (χ4v) is 2.90. The molecule has 5 N–H and O–H groups in total. The largest absolute Gasteiger partial charge is 0.385 e. The number of benzene rings is 1. The van der Waals surface area contributed by atoms with Crippen molar-refractivity contribution < 1.29 is 9.53 Å². The van der Waals surface area contributed by atoms with Gasteiger partial charge in [0, 0.05) is 38.5 Å². The average Bonchev–Trinajstić information content (AvgIpc) is 2.99. The van der Waals surface area contributed by atoms with Crippen molar-refractivity contribution in [2.45, 2.75) is 25.9 Å². The number of carbonyl (C=O) groups is 1. The van der Waals surface area contributed by atoms with Crippen LogP contribution in [0.1, 0.15) is 27.9 Å². The molecule has 1 aliphatic rings. The van der Waals surface area contributed by atoms with E-state index in [1.165, 1.54) is 0 Å². The van der Waals surface area contributed by atoms with E-state index in [0.29, 0.717) is 36.9 Å². The minimum absolute atomic E-state index is 0.0297. The van der Waals surface area contributed by atoms with E-state index in [1.54, 1.807) is 7.11 Å². The number of nitrogens with one attached hydrogen (secondary N) is 3. The van der Waals surface area contributed by atoms with Crippen LogP contribution in [0.2, 0.25) is 0 Å². The van der Waals surface area contributed by atoms with Gasteiger partial charge in [-0.15, -0.1) is 0 Å². The van der Waals surface area contributed by atoms with Gasteiger partial charge in [0.15, 0.2) is 0 Å². The second-order valence-electron chi connectivity index (χ2n) is 6.49. The van der Waals surface area contributed by atoms with Gasteiger partial charge in [-0.3, -0.25) is 4.79 Å². The summed E-state index contributed by atoms with van der Waals surface area (Å²) in [5, 5.41) is 9.39. The number of hydrogen-bond acceptors (Lipinski definition) is 6. The van der Waals surface area contributed by atoms with Gasteiger partial charge in [0.25, 0.3) is 5.91 Å². The summed E-state index contributed by atoms with van der Waals surface area (Å²) >= 11 is 0. The molecule has 2 heterocycles. The van der Waals surface area contributed by atoms with Crippen molar-refractivity contribution in [1.82, 2.24) is 10.3 Å². The highest BCUT2D eigenvalue weighted by atomic mass is 16.5. The molecule has 1 aromatic heterocycles. The minimum Gasteiger partial charge on any atom is -0.385 e. The van der Waals surface area contributed by atoms with Crippen molar-refractivity contribution >= 4 is 23.2 Å². The SMILES string of the molecule is COCC[C@H](N)CNc1cc2c(c(Nc3cccc(C)c3)n1)C(=O)NC2. The zero-order chi connectivity index (χ0) is 18.5. The van der Waals surface area contributed by atoms with Crippen LogP contribution < -0.4 is 21.7 Å². The molecule has 26 heavy (non-hydrogen) atoms. The predicted octanol–water partition coefficient (Wildman–Crippen LogP) is 2.15. The summed E-state index contributed by atoms with van der Waals surface area (Å²) in [5.41, 5.74) is 9.62. The number of aryl methyl sites for hydroxylation is 1. The Kier molecular flexibility index (Phi) is 5.70. The number of nitrogens with two attached hydrogens (primary N) is 1. The van der Waals surface area contributed by atoms with Crippen LogP contribution in [-0.4, -0.2) is 37.2 Å². The zero-order valence-corrected chi connectivity index (χ0v) is 15.1. The van der Waals surface area contributed by atoms with E-state index in [4.69, 9.17) is 10.5 Å². The lowest BCUT2D eigenvalue weighted by Gasteiger charge is -2.15. The van der Waals surface area contributed by atoms with Gasteiger partial charge in [0.2, 0.25) is 0 Å². The molecule has 1 aliphatic heterocycles. The summed E-state index contributed by atoms with van der Waals surface area (Å²) in [6, 6.07) is 9.83. The van der Waals surface area contributed by atoms with Crippen LogP contribution in [0.25, 0.3) is 0 Å². The third-order valence-electron chi connectivity index (χ3n) is 4.29. The normalized spacial score (nSPS) is 13.9. The summed E-state index contributed by atoms with van der Waals surface area (Å²) < 4.78 is 5.05. The summed E-state index contributed by atoms with van der Waals surface area (Å²) in [7, 11) is 1.66. The number of ether oxygens (including phenoxy) is 1. The molecule has 0 fully saturated rings. The molecule has 0 spiro atoms. The van der Waals surface area contributed by atoms with E-state index in [0.717, 1.165) is 23.2 Å². The van der Waals surface area contributed by atoms with Crippen molar-refractivity contribution in [3.05, 3.63) is 47.0 Å². The van der Waals surface area contributed by atoms with E-state index < -0.39 is 0 Å². The first-order valence-electron chi connectivity index (χ1n) is 8.71. The molecule has 0 radical (unpaired) electrons. The minimum atomic E-state index is -0.106. The van der Waals surface area contributed by atoms with Gasteiger partial charge in [-0.25, -0.2) is 4.98 Å². The molecule has 138 valence electrons. The lowest BCUT2D eigenvalue weighted by Crippen LogP contribution is -2.30. The van der Waals surface area contributed by atoms with Gasteiger partial charge in [-0.1, -0.05) is 12.1 Å². The highest BCUT2D eigenvalue weighted by Gasteiger charge is 2.25. The van der Waals surface area contributed by atoms with Crippen molar-refractivity contribution in [3.63, 3.8) is 0 Å². The molecule has 0 saturated heterocycles. The maximum atomic E-state index is 12.2. The molecule has 1 aromatic carbocycles. The van der Waals surface area contributed by atoms with Crippen LogP contribution in [0.15, 0.2) is 30.3 Å². The van der Waals surface area contributed by atoms with Crippen LogP contribution in [0.5, 0.6) is 0 Å². The monoisotopic (exact) mass is 355 g/mol. The molecule has 7 nitrogen and oxygen atoms in total. The number of aromatic nitrogens is 1. The van der Waals surface area contributed by atoms with Gasteiger partial charge < -0.3 is 26.4 Å². The molecule has 1 amide bonds. The molecule has 0 saturated carbocycles. The Labute approximate surface area is 153 Å². The standard InChI is InChI=1S/C19H25N5O2/c1-12-4-3-5-15(8-12)23-18-17-13(10-22-19(17)25)9-16(24-18)21-11-14(20)6-7-26-2/h3-5,8-9,14H,6-7,10-11,20H2,1-2H3,(H,22,25)(H2,21,23,24)/t14-/m0/s1. The predicted molar refractivity (Wildman–Crippen MR) is 103 cm³/mol. The summed E-state index contributed by atoms with van der Waals surface area (Å²) in [6.45, 7) is 3.73. The Morgan fingerprint density at radius 1 is 1.38 bits per heavy atom. The van der Waals surface area contributed by atoms with Gasteiger partial charge in [0.05, 0.1) is 5.56 Å². The Hall–Kier alpha value is -2.64. The lowest BCUT2D eigenvalue weighted by molar-refractivity contribution is 0.0966. The molecular formula is C19H25N5O2. The maximum Gasteiger partial charge on any atom is 0.255 e. The fraction of sp³-hybridized carbons (Fsp3) is 0.368. The third kappa shape index (κ3) is 4.30. The lowest BCUT2D eigenvalue weighted by atomic mass is 10.1. The van der Waals surface area contributed by atoms with Crippen LogP contribution in [0, 0.1) is 6.92 Å². The molecular weight excluding hydrogens is 330 g/mol. The van der Waals surface area contributed by atoms with Gasteiger partial charge >= 0.3 is 0 Å². The van der Waals surface area contributed by atoms with Gasteiger partial charge in [-0.05, 0) is 42.7 Å². The van der Waals surface area contributed by atoms with Crippen molar-refractivity contribution in [2.24, 2.45) is 5.73 Å². The molecule has 0 aliphatic carbocycles. The fourth-order valence-electron chi connectivity index (χ4n) is 2.90. The highest BCUT2D eigenvalue weighted by molar-refractivity contribution is 6.03. The number of methoxy groups -OCH3 is 1. The number of anilines is 3. The van der Waals surface area contributed by atoms with Gasteiger partial charge in [0.1, 0.15) is 11.6 Å². The third-order valence-corrected chi connectivity index (χ3v) is 4.29. The topological polar surface area (TPSA) is 101 Å². The number of pyridine rings is 1. The summed E-state index contributed by atoms with van der Waals surface area (Å²) in [6.07, 6.45) is 0.767. The van der Waals surface area contributed by atoms with Crippen LogP contribution in [0.4, 0.5) is 17.3 Å². The zero-order valence-electron chi connectivity index (χ0n) is 15.1. The van der Waals surface area contributed by atoms with E-state index >= 15 is 0 Å². The number of fused-ring (bicyclic) bond motifs is 1. The molecule has 2 aromatic rings. The van der Waals surface area contributed by atoms with E-state index in [9.17, 15) is 4.79 Å². The van der Waals surface area contributed by atoms with Crippen molar-refractivity contribution in [3.8, 4) is 0 Å². The van der Waals surface area contributed by atoms with Crippen LogP contribution in [0.3, 0.4) is 0 Å². The first-order valence-corrected chi connectivity index (χ1v) is 8.71. The summed E-state index contributed by atoms with van der Waals surface area (Å²) in [4.78, 5) is 16.8. The maximum absolute atomic E-state index is 12.2. The Bertz CT molecular complexity index is 793. The molecule has 0 bridgehead atoms. The summed E-state index contributed by atoms with van der Waals surface area (Å²) in [5.74, 6) is 1.14. The molecule has 3 rings (SSSR count). The Balaban J connectivity index is 1.81. The second-order valence-corrected chi connectivity index (χ2v) is 6.49. The number of carbonyl (C=O) groups excluding carboxylic acids is 1. The quantitative estimate of drug-likeness (QED) is 0.579. The van der Waals surface area contributed by atoms with E-state index in [-0.39, 0.29) is 11.9 Å². The first kappa shape index (κ1) is 18.2. The van der Waals surface area contributed by atoms with E-state index in [2.05, 4.69) is 20.9 Å². The molecule has 7 heteroatoms. The van der Waals surface area contributed by atoms with E-state index in [1.807, 2.05) is 37.3 Å². The Morgan fingerprint density at radius 3 is 3.00 bits per heavy atom. The van der Waals surface area contributed by atoms with Crippen LogP contribution in [-0.2, 0) is 11.3 Å². The smallest absolute Gasteiger partial charge is 0.255 e. The van der Waals surface area contributed by atoms with Crippen molar-refractivity contribution in [2.75, 3.05) is 30.9 Å². The number of hydrogen-bond donors (Lipinski definition) is 4. The number of rotatable bonds is 8. The molecule has 0 unspecified atom stereocenters.